The van der Waals surface area contributed by atoms with Gasteiger partial charge in [-0.2, -0.15) is 5.26 Å². The van der Waals surface area contributed by atoms with E-state index >= 15 is 0 Å². The quantitative estimate of drug-likeness (QED) is 0.710. The topological polar surface area (TPSA) is 75.8 Å². The molecule has 0 aliphatic carbocycles. The van der Waals surface area contributed by atoms with Crippen molar-refractivity contribution < 1.29 is 0 Å². The molecule has 1 rings (SSSR count). The lowest BCUT2D eigenvalue weighted by molar-refractivity contribution is 0.860. The third-order valence-electron chi connectivity index (χ3n) is 2.01. The number of hydrogen-bond acceptors (Lipinski definition) is 3. The standard InChI is InChI=1S/C10H13N3/c11-5-8-1-3-9(4-2-8)10(6-12)7-13/h1-4,10H,5-6,11-12H2. The van der Waals surface area contributed by atoms with Crippen LogP contribution in [0.1, 0.15) is 17.0 Å². The first kappa shape index (κ1) is 9.72. The summed E-state index contributed by atoms with van der Waals surface area (Å²) in [5.74, 6) is -0.202. The third kappa shape index (κ3) is 2.28. The molecule has 0 heterocycles. The molecule has 0 spiro atoms. The highest BCUT2D eigenvalue weighted by Gasteiger charge is 2.06. The van der Waals surface area contributed by atoms with Gasteiger partial charge in [-0.3, -0.25) is 0 Å². The van der Waals surface area contributed by atoms with Crippen molar-refractivity contribution in [3.8, 4) is 6.07 Å². The molecule has 1 aromatic carbocycles. The van der Waals surface area contributed by atoms with Gasteiger partial charge in [0.15, 0.2) is 0 Å². The summed E-state index contributed by atoms with van der Waals surface area (Å²) < 4.78 is 0. The zero-order valence-electron chi connectivity index (χ0n) is 7.40. The molecule has 0 radical (unpaired) electrons. The van der Waals surface area contributed by atoms with E-state index in [9.17, 15) is 0 Å². The second-order valence-corrected chi connectivity index (χ2v) is 2.86. The summed E-state index contributed by atoms with van der Waals surface area (Å²) in [5, 5.41) is 8.75. The average molecular weight is 175 g/mol. The van der Waals surface area contributed by atoms with Crippen molar-refractivity contribution in [2.24, 2.45) is 11.5 Å². The minimum Gasteiger partial charge on any atom is -0.329 e. The molecular formula is C10H13N3. The minimum absolute atomic E-state index is 0.202. The number of rotatable bonds is 3. The van der Waals surface area contributed by atoms with E-state index in [2.05, 4.69) is 6.07 Å². The summed E-state index contributed by atoms with van der Waals surface area (Å²) in [6.45, 7) is 0.887. The van der Waals surface area contributed by atoms with Gasteiger partial charge in [0.2, 0.25) is 0 Å². The molecule has 13 heavy (non-hydrogen) atoms. The van der Waals surface area contributed by atoms with Crippen LogP contribution in [0.5, 0.6) is 0 Å². The summed E-state index contributed by atoms with van der Waals surface area (Å²) >= 11 is 0. The summed E-state index contributed by atoms with van der Waals surface area (Å²) in [6, 6.07) is 9.81. The first-order valence-electron chi connectivity index (χ1n) is 4.20. The molecular weight excluding hydrogens is 162 g/mol. The van der Waals surface area contributed by atoms with Crippen LogP contribution in [0.3, 0.4) is 0 Å². The molecule has 3 nitrogen and oxygen atoms in total. The minimum atomic E-state index is -0.202. The highest BCUT2D eigenvalue weighted by molar-refractivity contribution is 5.28. The molecule has 0 aliphatic rings. The molecule has 0 aromatic heterocycles. The maximum atomic E-state index is 8.75. The Morgan fingerprint density at radius 3 is 2.23 bits per heavy atom. The zero-order valence-corrected chi connectivity index (χ0v) is 7.40. The van der Waals surface area contributed by atoms with Gasteiger partial charge >= 0.3 is 0 Å². The van der Waals surface area contributed by atoms with Gasteiger partial charge in [0.05, 0.1) is 12.0 Å². The second kappa shape index (κ2) is 4.61. The fraction of sp³-hybridized carbons (Fsp3) is 0.300. The summed E-state index contributed by atoms with van der Waals surface area (Å²) in [7, 11) is 0. The van der Waals surface area contributed by atoms with Gasteiger partial charge in [0, 0.05) is 13.1 Å². The molecule has 4 N–H and O–H groups in total. The smallest absolute Gasteiger partial charge is 0.0834 e. The maximum Gasteiger partial charge on any atom is 0.0834 e. The van der Waals surface area contributed by atoms with Crippen LogP contribution in [-0.2, 0) is 6.54 Å². The van der Waals surface area contributed by atoms with E-state index in [4.69, 9.17) is 16.7 Å². The number of nitriles is 1. The highest BCUT2D eigenvalue weighted by atomic mass is 14.5. The van der Waals surface area contributed by atoms with Gasteiger partial charge in [-0.25, -0.2) is 0 Å². The predicted molar refractivity (Wildman–Crippen MR) is 51.7 cm³/mol. The van der Waals surface area contributed by atoms with Crippen LogP contribution in [-0.4, -0.2) is 6.54 Å². The van der Waals surface area contributed by atoms with Crippen molar-refractivity contribution in [2.75, 3.05) is 6.54 Å². The van der Waals surface area contributed by atoms with E-state index in [-0.39, 0.29) is 5.92 Å². The molecule has 0 amide bonds. The number of nitrogens with two attached hydrogens (primary N) is 2. The first-order chi connectivity index (χ1) is 6.31. The van der Waals surface area contributed by atoms with E-state index in [1.54, 1.807) is 0 Å². The van der Waals surface area contributed by atoms with Crippen molar-refractivity contribution in [1.82, 2.24) is 0 Å². The van der Waals surface area contributed by atoms with Crippen molar-refractivity contribution in [1.29, 1.82) is 5.26 Å². The third-order valence-corrected chi connectivity index (χ3v) is 2.01. The van der Waals surface area contributed by atoms with Gasteiger partial charge in [0.25, 0.3) is 0 Å². The van der Waals surface area contributed by atoms with Crippen molar-refractivity contribution in [2.45, 2.75) is 12.5 Å². The van der Waals surface area contributed by atoms with Crippen LogP contribution in [0.25, 0.3) is 0 Å². The van der Waals surface area contributed by atoms with Gasteiger partial charge in [0.1, 0.15) is 0 Å². The Labute approximate surface area is 78.0 Å². The second-order valence-electron chi connectivity index (χ2n) is 2.86. The molecule has 0 aliphatic heterocycles. The Bertz CT molecular complexity index is 297. The summed E-state index contributed by atoms with van der Waals surface area (Å²) in [6.07, 6.45) is 0. The molecule has 3 heteroatoms. The number of nitrogens with zero attached hydrogens (tertiary/aromatic N) is 1. The highest BCUT2D eigenvalue weighted by Crippen LogP contribution is 2.13. The Hall–Kier alpha value is -1.37. The van der Waals surface area contributed by atoms with Gasteiger partial charge in [-0.15, -0.1) is 0 Å². The lowest BCUT2D eigenvalue weighted by atomic mass is 10.00. The van der Waals surface area contributed by atoms with Gasteiger partial charge < -0.3 is 11.5 Å². The predicted octanol–water partition coefficient (Wildman–Crippen LogP) is 0.711. The largest absolute Gasteiger partial charge is 0.329 e. The van der Waals surface area contributed by atoms with Crippen LogP contribution in [0.15, 0.2) is 24.3 Å². The molecule has 0 saturated heterocycles. The molecule has 1 unspecified atom stereocenters. The van der Waals surface area contributed by atoms with E-state index in [1.165, 1.54) is 0 Å². The fourth-order valence-corrected chi connectivity index (χ4v) is 1.15. The number of hydrogen-bond donors (Lipinski definition) is 2. The van der Waals surface area contributed by atoms with E-state index < -0.39 is 0 Å². The van der Waals surface area contributed by atoms with Crippen LogP contribution in [0, 0.1) is 11.3 Å². The summed E-state index contributed by atoms with van der Waals surface area (Å²) in [4.78, 5) is 0. The normalized spacial score (nSPS) is 12.1. The fourth-order valence-electron chi connectivity index (χ4n) is 1.15. The molecule has 1 atom stereocenters. The first-order valence-corrected chi connectivity index (χ1v) is 4.20. The molecule has 0 fully saturated rings. The Balaban J connectivity index is 2.86. The number of benzene rings is 1. The molecule has 1 aromatic rings. The van der Waals surface area contributed by atoms with Gasteiger partial charge in [-0.1, -0.05) is 24.3 Å². The van der Waals surface area contributed by atoms with Crippen LogP contribution < -0.4 is 11.5 Å². The Morgan fingerprint density at radius 2 is 1.85 bits per heavy atom. The SMILES string of the molecule is N#CC(CN)c1ccc(CN)cc1. The van der Waals surface area contributed by atoms with E-state index in [1.807, 2.05) is 24.3 Å². The van der Waals surface area contributed by atoms with Crippen molar-refractivity contribution >= 4 is 0 Å². The van der Waals surface area contributed by atoms with Gasteiger partial charge in [-0.05, 0) is 11.1 Å². The Kier molecular flexibility index (Phi) is 3.44. The maximum absolute atomic E-state index is 8.75. The molecule has 0 saturated carbocycles. The lowest BCUT2D eigenvalue weighted by Gasteiger charge is -2.06. The van der Waals surface area contributed by atoms with Crippen LogP contribution in [0.2, 0.25) is 0 Å². The average Bonchev–Trinajstić information content (AvgIpc) is 2.21. The summed E-state index contributed by atoms with van der Waals surface area (Å²) in [5.41, 5.74) is 12.9. The lowest BCUT2D eigenvalue weighted by Crippen LogP contribution is -2.10. The van der Waals surface area contributed by atoms with E-state index in [0.717, 1.165) is 11.1 Å². The van der Waals surface area contributed by atoms with Crippen LogP contribution >= 0.6 is 0 Å². The van der Waals surface area contributed by atoms with E-state index in [0.29, 0.717) is 13.1 Å². The van der Waals surface area contributed by atoms with Crippen molar-refractivity contribution in [3.05, 3.63) is 35.4 Å². The Morgan fingerprint density at radius 1 is 1.23 bits per heavy atom. The monoisotopic (exact) mass is 175 g/mol. The van der Waals surface area contributed by atoms with Crippen LogP contribution in [0.4, 0.5) is 0 Å². The molecule has 0 bridgehead atoms. The van der Waals surface area contributed by atoms with Crippen molar-refractivity contribution in [3.63, 3.8) is 0 Å². The zero-order chi connectivity index (χ0) is 9.68. The molecule has 68 valence electrons.